The van der Waals surface area contributed by atoms with E-state index in [1.54, 1.807) is 0 Å². The summed E-state index contributed by atoms with van der Waals surface area (Å²) in [6.45, 7) is 6.19. The van der Waals surface area contributed by atoms with Crippen molar-refractivity contribution in [3.05, 3.63) is 0 Å². The van der Waals surface area contributed by atoms with E-state index in [0.29, 0.717) is 13.2 Å². The van der Waals surface area contributed by atoms with Crippen molar-refractivity contribution in [2.75, 3.05) is 33.8 Å². The van der Waals surface area contributed by atoms with Crippen LogP contribution in [0.5, 0.6) is 0 Å². The van der Waals surface area contributed by atoms with Crippen LogP contribution in [0.15, 0.2) is 0 Å². The number of carbonyl (C=O) groups is 1. The number of nitrogens with zero attached hydrogens (tertiary/aromatic N) is 1. The molecule has 0 fully saturated rings. The maximum absolute atomic E-state index is 11.6. The fourth-order valence-electron chi connectivity index (χ4n) is 3.19. The van der Waals surface area contributed by atoms with E-state index < -0.39 is 0 Å². The third kappa shape index (κ3) is 20.1. The molecule has 0 N–H and O–H groups in total. The van der Waals surface area contributed by atoms with Gasteiger partial charge in [0.25, 0.3) is 0 Å². The molecule has 0 saturated carbocycles. The molecular weight excluding hydrogens is 378 g/mol. The van der Waals surface area contributed by atoms with Crippen LogP contribution in [-0.2, 0) is 9.53 Å². The molecular formula is C21H44BrNO2. The van der Waals surface area contributed by atoms with Crippen LogP contribution in [0.2, 0.25) is 0 Å². The first kappa shape index (κ1) is 27.1. The molecule has 0 aliphatic heterocycles. The van der Waals surface area contributed by atoms with Gasteiger partial charge in [0.2, 0.25) is 0 Å². The molecule has 0 aromatic carbocycles. The van der Waals surface area contributed by atoms with Gasteiger partial charge in [-0.2, -0.15) is 0 Å². The van der Waals surface area contributed by atoms with Crippen LogP contribution in [-0.4, -0.2) is 44.2 Å². The third-order valence-corrected chi connectivity index (χ3v) is 4.73. The molecule has 0 amide bonds. The van der Waals surface area contributed by atoms with Crippen molar-refractivity contribution in [2.45, 2.75) is 97.3 Å². The highest BCUT2D eigenvalue weighted by molar-refractivity contribution is 5.70. The van der Waals surface area contributed by atoms with Crippen molar-refractivity contribution in [1.29, 1.82) is 0 Å². The second-order valence-electron chi connectivity index (χ2n) is 7.87. The van der Waals surface area contributed by atoms with E-state index in [4.69, 9.17) is 4.74 Å². The number of quaternary nitrogens is 1. The zero-order valence-corrected chi connectivity index (χ0v) is 19.0. The number of esters is 1. The first-order chi connectivity index (χ1) is 11.5. The van der Waals surface area contributed by atoms with E-state index in [2.05, 4.69) is 21.0 Å². The van der Waals surface area contributed by atoms with Crippen LogP contribution < -0.4 is 17.0 Å². The van der Waals surface area contributed by atoms with Crippen molar-refractivity contribution in [2.24, 2.45) is 0 Å². The first-order valence-corrected chi connectivity index (χ1v) is 10.5. The van der Waals surface area contributed by atoms with Gasteiger partial charge in [-0.05, 0) is 19.8 Å². The minimum absolute atomic E-state index is 0. The summed E-state index contributed by atoms with van der Waals surface area (Å²) in [4.78, 5) is 11.6. The molecule has 0 aliphatic carbocycles. The molecule has 0 saturated heterocycles. The van der Waals surface area contributed by atoms with Gasteiger partial charge in [-0.1, -0.05) is 77.6 Å². The van der Waals surface area contributed by atoms with Crippen LogP contribution in [0.25, 0.3) is 0 Å². The Bertz CT molecular complexity index is 296. The summed E-state index contributed by atoms with van der Waals surface area (Å²) in [6, 6.07) is 0. The number of unbranched alkanes of at least 4 members (excludes halogenated alkanes) is 12. The predicted octanol–water partition coefficient (Wildman–Crippen LogP) is 2.72. The Morgan fingerprint density at radius 3 is 1.52 bits per heavy atom. The second-order valence-corrected chi connectivity index (χ2v) is 7.87. The Morgan fingerprint density at radius 1 is 0.720 bits per heavy atom. The SMILES string of the molecule is CCCCCCCCCCCCCCC[N+](C)(C)CC(=O)OCC.[Br-]. The van der Waals surface area contributed by atoms with Gasteiger partial charge in [0.05, 0.1) is 27.2 Å². The molecule has 0 radical (unpaired) electrons. The number of ether oxygens (including phenoxy) is 1. The Labute approximate surface area is 168 Å². The summed E-state index contributed by atoms with van der Waals surface area (Å²) in [5, 5.41) is 0. The van der Waals surface area contributed by atoms with Crippen LogP contribution in [0.4, 0.5) is 0 Å². The van der Waals surface area contributed by atoms with Gasteiger partial charge in [0, 0.05) is 0 Å². The number of hydrogen-bond acceptors (Lipinski definition) is 2. The maximum atomic E-state index is 11.6. The summed E-state index contributed by atoms with van der Waals surface area (Å²) in [6.07, 6.45) is 18.0. The van der Waals surface area contributed by atoms with Crippen molar-refractivity contribution in [3.63, 3.8) is 0 Å². The molecule has 152 valence electrons. The largest absolute Gasteiger partial charge is 1.00 e. The van der Waals surface area contributed by atoms with Gasteiger partial charge in [-0.25, -0.2) is 4.79 Å². The standard InChI is InChI=1S/C21H44NO2.BrH/c1-5-7-8-9-10-11-12-13-14-15-16-17-18-19-22(3,4)20-21(23)24-6-2;/h5-20H2,1-4H3;1H/q+1;/p-1. The van der Waals surface area contributed by atoms with Crippen LogP contribution in [0.3, 0.4) is 0 Å². The van der Waals surface area contributed by atoms with E-state index >= 15 is 0 Å². The fraction of sp³-hybridized carbons (Fsp3) is 0.952. The van der Waals surface area contributed by atoms with E-state index in [-0.39, 0.29) is 23.0 Å². The molecule has 0 aromatic heterocycles. The zero-order valence-electron chi connectivity index (χ0n) is 17.5. The first-order valence-electron chi connectivity index (χ1n) is 10.5. The summed E-state index contributed by atoms with van der Waals surface area (Å²) >= 11 is 0. The minimum Gasteiger partial charge on any atom is -1.00 e. The Balaban J connectivity index is 0. The predicted molar refractivity (Wildman–Crippen MR) is 104 cm³/mol. The molecule has 0 heterocycles. The lowest BCUT2D eigenvalue weighted by Crippen LogP contribution is -3.00. The van der Waals surface area contributed by atoms with Crippen LogP contribution in [0.1, 0.15) is 97.3 Å². The van der Waals surface area contributed by atoms with E-state index in [1.807, 2.05) is 6.92 Å². The lowest BCUT2D eigenvalue weighted by atomic mass is 10.0. The van der Waals surface area contributed by atoms with Gasteiger partial charge in [0.15, 0.2) is 6.54 Å². The minimum atomic E-state index is -0.0720. The highest BCUT2D eigenvalue weighted by Crippen LogP contribution is 2.13. The molecule has 0 atom stereocenters. The van der Waals surface area contributed by atoms with Gasteiger partial charge in [-0.15, -0.1) is 0 Å². The third-order valence-electron chi connectivity index (χ3n) is 4.73. The summed E-state index contributed by atoms with van der Waals surface area (Å²) < 4.78 is 5.79. The summed E-state index contributed by atoms with van der Waals surface area (Å²) in [7, 11) is 4.24. The topological polar surface area (TPSA) is 26.3 Å². The molecule has 0 spiro atoms. The molecule has 4 heteroatoms. The van der Waals surface area contributed by atoms with Crippen molar-refractivity contribution in [3.8, 4) is 0 Å². The van der Waals surface area contributed by atoms with Crippen LogP contribution in [0, 0.1) is 0 Å². The lowest BCUT2D eigenvalue weighted by Gasteiger charge is -2.28. The average Bonchev–Trinajstić information content (AvgIpc) is 2.51. The summed E-state index contributed by atoms with van der Waals surface area (Å²) in [5.41, 5.74) is 0. The zero-order chi connectivity index (χ0) is 18.1. The van der Waals surface area contributed by atoms with Crippen molar-refractivity contribution in [1.82, 2.24) is 0 Å². The maximum Gasteiger partial charge on any atom is 0.361 e. The molecule has 0 unspecified atom stereocenters. The molecule has 0 bridgehead atoms. The van der Waals surface area contributed by atoms with Gasteiger partial charge >= 0.3 is 5.97 Å². The van der Waals surface area contributed by atoms with E-state index in [0.717, 1.165) is 11.0 Å². The Morgan fingerprint density at radius 2 is 1.12 bits per heavy atom. The number of carbonyl (C=O) groups excluding carboxylic acids is 1. The normalized spacial score (nSPS) is 11.2. The van der Waals surface area contributed by atoms with Crippen LogP contribution >= 0.6 is 0 Å². The lowest BCUT2D eigenvalue weighted by molar-refractivity contribution is -0.883. The number of rotatable bonds is 17. The fourth-order valence-corrected chi connectivity index (χ4v) is 3.19. The van der Waals surface area contributed by atoms with Gasteiger partial charge in [0.1, 0.15) is 0 Å². The van der Waals surface area contributed by atoms with E-state index in [1.165, 1.54) is 83.5 Å². The van der Waals surface area contributed by atoms with Crippen molar-refractivity contribution < 1.29 is 31.0 Å². The number of halogens is 1. The highest BCUT2D eigenvalue weighted by Gasteiger charge is 2.20. The average molecular weight is 422 g/mol. The highest BCUT2D eigenvalue weighted by atomic mass is 79.9. The second kappa shape index (κ2) is 18.7. The number of hydrogen-bond donors (Lipinski definition) is 0. The quantitative estimate of drug-likeness (QED) is 0.205. The van der Waals surface area contributed by atoms with Gasteiger partial charge in [-0.3, -0.25) is 0 Å². The number of likely N-dealkylation sites (N-methyl/N-ethyl adjacent to an activating group) is 1. The van der Waals surface area contributed by atoms with Gasteiger partial charge < -0.3 is 26.2 Å². The monoisotopic (exact) mass is 421 g/mol. The van der Waals surface area contributed by atoms with E-state index in [9.17, 15) is 4.79 Å². The molecule has 0 aliphatic rings. The summed E-state index contributed by atoms with van der Waals surface area (Å²) in [5.74, 6) is -0.0720. The molecule has 3 nitrogen and oxygen atoms in total. The van der Waals surface area contributed by atoms with Crippen molar-refractivity contribution >= 4 is 5.97 Å². The molecule has 0 aromatic rings. The Hall–Kier alpha value is -0.0900. The molecule has 25 heavy (non-hydrogen) atoms. The smallest absolute Gasteiger partial charge is 0.361 e. The molecule has 0 rings (SSSR count). The Kier molecular flexibility index (Phi) is 20.3.